The average Bonchev–Trinajstić information content (AvgIpc) is 3.02. The molecule has 0 spiro atoms. The molecule has 1 aliphatic rings. The van der Waals surface area contributed by atoms with Gasteiger partial charge in [0.2, 0.25) is 11.8 Å². The number of nitrogens with zero attached hydrogens (tertiary/aromatic N) is 5. The van der Waals surface area contributed by atoms with Crippen molar-refractivity contribution >= 4 is 12.0 Å². The summed E-state index contributed by atoms with van der Waals surface area (Å²) < 4.78 is 7.08. The molecule has 134 valence electrons. The number of hydrogen-bond acceptors (Lipinski definition) is 6. The fraction of sp³-hybridized carbons (Fsp3) is 0.500. The van der Waals surface area contributed by atoms with Gasteiger partial charge in [-0.1, -0.05) is 0 Å². The van der Waals surface area contributed by atoms with E-state index in [-0.39, 0.29) is 0 Å². The van der Waals surface area contributed by atoms with E-state index in [2.05, 4.69) is 25.4 Å². The van der Waals surface area contributed by atoms with Crippen LogP contribution in [-0.4, -0.2) is 57.7 Å². The summed E-state index contributed by atoms with van der Waals surface area (Å²) in [6.07, 6.45) is 2.59. The molecule has 0 saturated carbocycles. The maximum absolute atomic E-state index is 10.6. The minimum Gasteiger partial charge on any atom is -0.481 e. The molecule has 0 atom stereocenters. The van der Waals surface area contributed by atoms with E-state index in [1.54, 1.807) is 13.3 Å². The zero-order valence-electron chi connectivity index (χ0n) is 14.3. The van der Waals surface area contributed by atoms with E-state index in [1.165, 1.54) is 0 Å². The van der Waals surface area contributed by atoms with Crippen molar-refractivity contribution in [3.8, 4) is 11.6 Å². The lowest BCUT2D eigenvalue weighted by molar-refractivity contribution is 0.191. The SMILES string of the molecule is COc1ccc(-n2c(C)nnc2N2CCC(CNC(=O)O)CC2)cn1. The van der Waals surface area contributed by atoms with Crippen LogP contribution in [0.4, 0.5) is 10.7 Å². The van der Waals surface area contributed by atoms with Crippen LogP contribution in [0.15, 0.2) is 18.3 Å². The number of amides is 1. The molecule has 2 aromatic rings. The topological polar surface area (TPSA) is 105 Å². The molecule has 1 amide bonds. The lowest BCUT2D eigenvalue weighted by atomic mass is 9.97. The second kappa shape index (κ2) is 7.37. The highest BCUT2D eigenvalue weighted by molar-refractivity contribution is 5.64. The number of carbonyl (C=O) groups is 1. The molecule has 2 aromatic heterocycles. The fourth-order valence-electron chi connectivity index (χ4n) is 3.05. The van der Waals surface area contributed by atoms with Gasteiger partial charge in [-0.25, -0.2) is 9.78 Å². The van der Waals surface area contributed by atoms with Crippen LogP contribution in [0, 0.1) is 12.8 Å². The summed E-state index contributed by atoms with van der Waals surface area (Å²) >= 11 is 0. The van der Waals surface area contributed by atoms with Gasteiger partial charge in [-0.3, -0.25) is 4.57 Å². The lowest BCUT2D eigenvalue weighted by Crippen LogP contribution is -2.39. The second-order valence-electron chi connectivity index (χ2n) is 6.06. The first-order chi connectivity index (χ1) is 12.1. The molecule has 1 fully saturated rings. The van der Waals surface area contributed by atoms with Crippen molar-refractivity contribution in [2.75, 3.05) is 31.6 Å². The predicted molar refractivity (Wildman–Crippen MR) is 91.4 cm³/mol. The first-order valence-corrected chi connectivity index (χ1v) is 8.22. The van der Waals surface area contributed by atoms with Gasteiger partial charge in [-0.2, -0.15) is 0 Å². The van der Waals surface area contributed by atoms with Crippen LogP contribution in [0.1, 0.15) is 18.7 Å². The summed E-state index contributed by atoms with van der Waals surface area (Å²) in [7, 11) is 1.58. The smallest absolute Gasteiger partial charge is 0.404 e. The molecule has 3 heterocycles. The first-order valence-electron chi connectivity index (χ1n) is 8.22. The van der Waals surface area contributed by atoms with E-state index in [0.29, 0.717) is 18.3 Å². The minimum atomic E-state index is -0.968. The zero-order chi connectivity index (χ0) is 17.8. The third-order valence-corrected chi connectivity index (χ3v) is 4.44. The monoisotopic (exact) mass is 346 g/mol. The zero-order valence-corrected chi connectivity index (χ0v) is 14.3. The number of aromatic nitrogens is 4. The number of pyridine rings is 1. The Morgan fingerprint density at radius 2 is 2.12 bits per heavy atom. The molecule has 2 N–H and O–H groups in total. The number of anilines is 1. The van der Waals surface area contributed by atoms with Gasteiger partial charge in [-0.05, 0) is 31.7 Å². The van der Waals surface area contributed by atoms with Crippen LogP contribution < -0.4 is 15.0 Å². The Bertz CT molecular complexity index is 722. The fourth-order valence-corrected chi connectivity index (χ4v) is 3.05. The molecule has 0 aliphatic carbocycles. The standard InChI is InChI=1S/C16H22N6O3/c1-11-19-20-15(22(11)13-3-4-14(25-2)17-10-13)21-7-5-12(6-8-21)9-18-16(23)24/h3-4,10,12,18H,5-9H2,1-2H3,(H,23,24). The molecule has 0 radical (unpaired) electrons. The number of rotatable bonds is 5. The predicted octanol–water partition coefficient (Wildman–Crippen LogP) is 1.46. The van der Waals surface area contributed by atoms with Crippen molar-refractivity contribution in [2.45, 2.75) is 19.8 Å². The lowest BCUT2D eigenvalue weighted by Gasteiger charge is -2.32. The number of nitrogens with one attached hydrogen (secondary N) is 1. The number of hydrogen-bond donors (Lipinski definition) is 2. The Hall–Kier alpha value is -2.84. The Kier molecular flexibility index (Phi) is 5.01. The Balaban J connectivity index is 1.72. The highest BCUT2D eigenvalue weighted by Gasteiger charge is 2.24. The molecular formula is C16H22N6O3. The van der Waals surface area contributed by atoms with E-state index in [9.17, 15) is 4.79 Å². The quantitative estimate of drug-likeness (QED) is 0.844. The van der Waals surface area contributed by atoms with Crippen molar-refractivity contribution in [3.05, 3.63) is 24.2 Å². The summed E-state index contributed by atoms with van der Waals surface area (Å²) in [5.41, 5.74) is 0.882. The molecule has 1 aliphatic heterocycles. The summed E-state index contributed by atoms with van der Waals surface area (Å²) in [4.78, 5) is 17.1. The van der Waals surface area contributed by atoms with Crippen LogP contribution in [-0.2, 0) is 0 Å². The molecule has 0 aromatic carbocycles. The maximum atomic E-state index is 10.6. The second-order valence-corrected chi connectivity index (χ2v) is 6.06. The third-order valence-electron chi connectivity index (χ3n) is 4.44. The van der Waals surface area contributed by atoms with Crippen molar-refractivity contribution in [1.82, 2.24) is 25.1 Å². The van der Waals surface area contributed by atoms with Crippen LogP contribution in [0.5, 0.6) is 5.88 Å². The summed E-state index contributed by atoms with van der Waals surface area (Å²) in [6.45, 7) is 4.03. The van der Waals surface area contributed by atoms with Gasteiger partial charge in [0.05, 0.1) is 19.0 Å². The largest absolute Gasteiger partial charge is 0.481 e. The van der Waals surface area contributed by atoms with Crippen LogP contribution in [0.25, 0.3) is 5.69 Å². The van der Waals surface area contributed by atoms with Gasteiger partial charge < -0.3 is 20.1 Å². The molecule has 25 heavy (non-hydrogen) atoms. The Labute approximate surface area is 145 Å². The normalized spacial score (nSPS) is 15.2. The molecule has 3 rings (SSSR count). The number of carboxylic acid groups (broad SMARTS) is 1. The van der Waals surface area contributed by atoms with Crippen molar-refractivity contribution in [3.63, 3.8) is 0 Å². The van der Waals surface area contributed by atoms with Crippen LogP contribution in [0.3, 0.4) is 0 Å². The van der Waals surface area contributed by atoms with Crippen LogP contribution >= 0.6 is 0 Å². The Morgan fingerprint density at radius 3 is 2.72 bits per heavy atom. The minimum absolute atomic E-state index is 0.354. The van der Waals surface area contributed by atoms with Gasteiger partial charge >= 0.3 is 6.09 Å². The highest BCUT2D eigenvalue weighted by Crippen LogP contribution is 2.25. The number of aryl methyl sites for hydroxylation is 1. The molecule has 0 bridgehead atoms. The Morgan fingerprint density at radius 1 is 1.36 bits per heavy atom. The van der Waals surface area contributed by atoms with E-state index in [1.807, 2.05) is 23.6 Å². The number of ether oxygens (including phenoxy) is 1. The third kappa shape index (κ3) is 3.81. The van der Waals surface area contributed by atoms with Gasteiger partial charge in [0.25, 0.3) is 0 Å². The molecule has 9 heteroatoms. The van der Waals surface area contributed by atoms with Crippen molar-refractivity contribution in [1.29, 1.82) is 0 Å². The van der Waals surface area contributed by atoms with Crippen LogP contribution in [0.2, 0.25) is 0 Å². The summed E-state index contributed by atoms with van der Waals surface area (Å²) in [6, 6.07) is 3.73. The van der Waals surface area contributed by atoms with E-state index in [0.717, 1.165) is 43.4 Å². The molecule has 9 nitrogen and oxygen atoms in total. The van der Waals surface area contributed by atoms with Crippen molar-refractivity contribution in [2.24, 2.45) is 5.92 Å². The maximum Gasteiger partial charge on any atom is 0.404 e. The van der Waals surface area contributed by atoms with E-state index >= 15 is 0 Å². The van der Waals surface area contributed by atoms with E-state index in [4.69, 9.17) is 9.84 Å². The highest BCUT2D eigenvalue weighted by atomic mass is 16.5. The van der Waals surface area contributed by atoms with Crippen molar-refractivity contribution < 1.29 is 14.6 Å². The van der Waals surface area contributed by atoms with Gasteiger partial charge in [-0.15, -0.1) is 10.2 Å². The van der Waals surface area contributed by atoms with Gasteiger partial charge in [0.1, 0.15) is 5.82 Å². The summed E-state index contributed by atoms with van der Waals surface area (Å²) in [5.74, 6) is 2.49. The number of piperidine rings is 1. The number of methoxy groups -OCH3 is 1. The van der Waals surface area contributed by atoms with Gasteiger partial charge in [0, 0.05) is 25.7 Å². The molecular weight excluding hydrogens is 324 g/mol. The average molecular weight is 346 g/mol. The van der Waals surface area contributed by atoms with Gasteiger partial charge in [0.15, 0.2) is 0 Å². The van der Waals surface area contributed by atoms with E-state index < -0.39 is 6.09 Å². The summed E-state index contributed by atoms with van der Waals surface area (Å²) in [5, 5.41) is 19.7. The molecule has 0 unspecified atom stereocenters. The molecule has 1 saturated heterocycles. The first kappa shape index (κ1) is 17.0.